The largest absolute Gasteiger partial charge is 0.503 e. The van der Waals surface area contributed by atoms with Crippen LogP contribution in [0.3, 0.4) is 0 Å². The second kappa shape index (κ2) is 7.49. The number of nitrogens with zero attached hydrogens (tertiary/aromatic N) is 1. The molecule has 1 amide bonds. The highest BCUT2D eigenvalue weighted by atomic mass is 35.5. The number of benzene rings is 3. The molecule has 140 valence electrons. The van der Waals surface area contributed by atoms with Crippen molar-refractivity contribution in [2.75, 3.05) is 0 Å². The maximum Gasteiger partial charge on any atom is 0.290 e. The first-order chi connectivity index (χ1) is 13.6. The highest BCUT2D eigenvalue weighted by Crippen LogP contribution is 2.44. The first-order valence-electron chi connectivity index (χ1n) is 8.84. The van der Waals surface area contributed by atoms with E-state index >= 15 is 0 Å². The van der Waals surface area contributed by atoms with Crippen LogP contribution in [0.5, 0.6) is 0 Å². The van der Waals surface area contributed by atoms with Crippen molar-refractivity contribution in [3.8, 4) is 0 Å². The number of carbonyl (C=O) groups excluding carboxylic acids is 1. The summed E-state index contributed by atoms with van der Waals surface area (Å²) in [6.07, 6.45) is 0. The van der Waals surface area contributed by atoms with E-state index in [9.17, 15) is 14.3 Å². The van der Waals surface area contributed by atoms with Crippen LogP contribution in [0.25, 0.3) is 5.57 Å². The van der Waals surface area contributed by atoms with Crippen LogP contribution in [0, 0.1) is 5.82 Å². The van der Waals surface area contributed by atoms with Crippen molar-refractivity contribution < 1.29 is 14.3 Å². The molecule has 3 aromatic rings. The van der Waals surface area contributed by atoms with Crippen LogP contribution >= 0.6 is 11.6 Å². The zero-order valence-corrected chi connectivity index (χ0v) is 15.6. The lowest BCUT2D eigenvalue weighted by atomic mass is 9.93. The van der Waals surface area contributed by atoms with Crippen LogP contribution in [-0.2, 0) is 11.3 Å². The summed E-state index contributed by atoms with van der Waals surface area (Å²) in [4.78, 5) is 14.4. The van der Waals surface area contributed by atoms with Gasteiger partial charge in [0.2, 0.25) is 0 Å². The molecule has 1 aliphatic heterocycles. The molecule has 0 radical (unpaired) electrons. The van der Waals surface area contributed by atoms with Gasteiger partial charge < -0.3 is 10.0 Å². The summed E-state index contributed by atoms with van der Waals surface area (Å²) in [5, 5.41) is 11.2. The van der Waals surface area contributed by atoms with Crippen molar-refractivity contribution in [2.24, 2.45) is 0 Å². The van der Waals surface area contributed by atoms with E-state index in [2.05, 4.69) is 0 Å². The fourth-order valence-electron chi connectivity index (χ4n) is 3.54. The summed E-state index contributed by atoms with van der Waals surface area (Å²) in [6.45, 7) is 0.250. The Labute approximate surface area is 167 Å². The molecule has 0 aliphatic carbocycles. The summed E-state index contributed by atoms with van der Waals surface area (Å²) >= 11 is 5.98. The molecule has 1 N–H and O–H groups in total. The molecule has 0 aromatic heterocycles. The van der Waals surface area contributed by atoms with Crippen molar-refractivity contribution in [2.45, 2.75) is 12.6 Å². The monoisotopic (exact) mass is 393 g/mol. The average Bonchev–Trinajstić information content (AvgIpc) is 2.95. The van der Waals surface area contributed by atoms with Gasteiger partial charge in [-0.15, -0.1) is 0 Å². The predicted octanol–water partition coefficient (Wildman–Crippen LogP) is 5.53. The maximum absolute atomic E-state index is 14.7. The first kappa shape index (κ1) is 18.3. The van der Waals surface area contributed by atoms with E-state index in [1.807, 2.05) is 30.3 Å². The van der Waals surface area contributed by atoms with Crippen LogP contribution < -0.4 is 0 Å². The van der Waals surface area contributed by atoms with Gasteiger partial charge in [-0.25, -0.2) is 4.39 Å². The standard InChI is InChI=1S/C23H17ClFNO2/c24-17-12-10-16(11-13-17)20-21(18-8-4-5-9-19(18)25)26(23(28)22(20)27)14-15-6-2-1-3-7-15/h1-13,21,27H,14H2/t21-/m1/s1. The first-order valence-corrected chi connectivity index (χ1v) is 9.22. The highest BCUT2D eigenvalue weighted by molar-refractivity contribution is 6.30. The van der Waals surface area contributed by atoms with Crippen LogP contribution in [0.4, 0.5) is 4.39 Å². The highest BCUT2D eigenvalue weighted by Gasteiger charge is 2.42. The third-order valence-corrected chi connectivity index (χ3v) is 5.11. The van der Waals surface area contributed by atoms with E-state index in [1.54, 1.807) is 42.5 Å². The maximum atomic E-state index is 14.7. The molecular formula is C23H17ClFNO2. The molecule has 0 saturated heterocycles. The Hall–Kier alpha value is -3.11. The molecule has 0 spiro atoms. The minimum absolute atomic E-state index is 0.250. The Morgan fingerprint density at radius 3 is 2.25 bits per heavy atom. The molecule has 1 atom stereocenters. The number of carbonyl (C=O) groups is 1. The quantitative estimate of drug-likeness (QED) is 0.633. The summed E-state index contributed by atoms with van der Waals surface area (Å²) in [6, 6.07) is 21.8. The minimum atomic E-state index is -0.741. The van der Waals surface area contributed by atoms with E-state index in [-0.39, 0.29) is 12.3 Å². The molecule has 0 bridgehead atoms. The van der Waals surface area contributed by atoms with Gasteiger partial charge in [-0.3, -0.25) is 4.79 Å². The van der Waals surface area contributed by atoms with E-state index < -0.39 is 17.8 Å². The summed E-state index contributed by atoms with van der Waals surface area (Å²) < 4.78 is 14.7. The van der Waals surface area contributed by atoms with Gasteiger partial charge in [0.15, 0.2) is 5.76 Å². The fourth-order valence-corrected chi connectivity index (χ4v) is 3.67. The fraction of sp³-hybridized carbons (Fsp3) is 0.0870. The normalized spacial score (nSPS) is 16.7. The number of rotatable bonds is 4. The van der Waals surface area contributed by atoms with E-state index in [1.165, 1.54) is 11.0 Å². The molecular weight excluding hydrogens is 377 g/mol. The molecule has 0 saturated carbocycles. The third kappa shape index (κ3) is 3.27. The third-order valence-electron chi connectivity index (χ3n) is 4.85. The topological polar surface area (TPSA) is 40.5 Å². The molecule has 5 heteroatoms. The lowest BCUT2D eigenvalue weighted by molar-refractivity contribution is -0.130. The Balaban J connectivity index is 1.84. The van der Waals surface area contributed by atoms with Crippen LogP contribution in [0.15, 0.2) is 84.6 Å². The summed E-state index contributed by atoms with van der Waals surface area (Å²) in [5.41, 5.74) is 2.23. The zero-order valence-electron chi connectivity index (χ0n) is 14.8. The Morgan fingerprint density at radius 1 is 0.929 bits per heavy atom. The molecule has 3 aromatic carbocycles. The smallest absolute Gasteiger partial charge is 0.290 e. The second-order valence-electron chi connectivity index (χ2n) is 6.61. The zero-order chi connectivity index (χ0) is 19.7. The Bertz CT molecular complexity index is 1050. The van der Waals surface area contributed by atoms with Gasteiger partial charge in [-0.05, 0) is 29.3 Å². The minimum Gasteiger partial charge on any atom is -0.503 e. The molecule has 1 aliphatic rings. The number of amides is 1. The van der Waals surface area contributed by atoms with Crippen LogP contribution in [0.1, 0.15) is 22.7 Å². The number of hydrogen-bond donors (Lipinski definition) is 1. The lowest BCUT2D eigenvalue weighted by Crippen LogP contribution is -2.30. The second-order valence-corrected chi connectivity index (χ2v) is 7.05. The number of aliphatic hydroxyl groups excluding tert-OH is 1. The molecule has 4 rings (SSSR count). The van der Waals surface area contributed by atoms with Crippen molar-refractivity contribution >= 4 is 23.1 Å². The molecule has 1 heterocycles. The van der Waals surface area contributed by atoms with E-state index in [4.69, 9.17) is 11.6 Å². The van der Waals surface area contributed by atoms with Crippen molar-refractivity contribution in [1.29, 1.82) is 0 Å². The van der Waals surface area contributed by atoms with Gasteiger partial charge in [-0.1, -0.05) is 72.3 Å². The van der Waals surface area contributed by atoms with Crippen LogP contribution in [0.2, 0.25) is 5.02 Å². The SMILES string of the molecule is O=C1C(O)=C(c2ccc(Cl)cc2)[C@@H](c2ccccc2F)N1Cc1ccccc1. The predicted molar refractivity (Wildman–Crippen MR) is 107 cm³/mol. The van der Waals surface area contributed by atoms with Gasteiger partial charge in [0, 0.05) is 22.7 Å². The molecule has 3 nitrogen and oxygen atoms in total. The molecule has 0 unspecified atom stereocenters. The number of hydrogen-bond acceptors (Lipinski definition) is 2. The molecule has 28 heavy (non-hydrogen) atoms. The van der Waals surface area contributed by atoms with Crippen molar-refractivity contribution in [3.05, 3.63) is 112 Å². The van der Waals surface area contributed by atoms with Gasteiger partial charge in [0.05, 0.1) is 6.04 Å². The van der Waals surface area contributed by atoms with Crippen molar-refractivity contribution in [1.82, 2.24) is 4.90 Å². The number of aliphatic hydroxyl groups is 1. The Morgan fingerprint density at radius 2 is 1.57 bits per heavy atom. The van der Waals surface area contributed by atoms with Gasteiger partial charge in [0.1, 0.15) is 5.82 Å². The van der Waals surface area contributed by atoms with E-state index in [0.29, 0.717) is 21.7 Å². The van der Waals surface area contributed by atoms with Crippen molar-refractivity contribution in [3.63, 3.8) is 0 Å². The van der Waals surface area contributed by atoms with E-state index in [0.717, 1.165) is 5.56 Å². The van der Waals surface area contributed by atoms with Gasteiger partial charge in [0.25, 0.3) is 5.91 Å². The summed E-state index contributed by atoms with van der Waals surface area (Å²) in [5.74, 6) is -1.33. The summed E-state index contributed by atoms with van der Waals surface area (Å²) in [7, 11) is 0. The lowest BCUT2D eigenvalue weighted by Gasteiger charge is -2.27. The average molecular weight is 394 g/mol. The van der Waals surface area contributed by atoms with Gasteiger partial charge in [-0.2, -0.15) is 0 Å². The Kier molecular flexibility index (Phi) is 4.88. The van der Waals surface area contributed by atoms with Crippen LogP contribution in [-0.4, -0.2) is 15.9 Å². The molecule has 0 fully saturated rings. The van der Waals surface area contributed by atoms with Gasteiger partial charge >= 0.3 is 0 Å². The number of halogens is 2.